The number of ether oxygens (including phenoxy) is 1. The van der Waals surface area contributed by atoms with Gasteiger partial charge >= 0.3 is 0 Å². The molecule has 3 rings (SSSR count). The lowest BCUT2D eigenvalue weighted by molar-refractivity contribution is -0.131. The number of aliphatic hydroxyl groups excluding tert-OH is 1. The van der Waals surface area contributed by atoms with Crippen molar-refractivity contribution in [1.29, 1.82) is 0 Å². The van der Waals surface area contributed by atoms with Gasteiger partial charge < -0.3 is 24.5 Å². The first kappa shape index (κ1) is 27.9. The molecule has 198 valence electrons. The van der Waals surface area contributed by atoms with Crippen LogP contribution in [0.25, 0.3) is 0 Å². The molecule has 36 heavy (non-hydrogen) atoms. The zero-order valence-electron chi connectivity index (χ0n) is 22.5. The molecule has 1 aromatic heterocycles. The number of likely N-dealkylation sites (tertiary alicyclic amines) is 1. The van der Waals surface area contributed by atoms with Crippen molar-refractivity contribution in [1.82, 2.24) is 19.7 Å². The topological polar surface area (TPSA) is 86.2 Å². The van der Waals surface area contributed by atoms with Gasteiger partial charge in [0.2, 0.25) is 11.8 Å². The molecular formula is C28H42N4O4. The molecule has 1 N–H and O–H groups in total. The normalized spacial score (nSPS) is 21.5. The van der Waals surface area contributed by atoms with Crippen molar-refractivity contribution in [2.24, 2.45) is 11.8 Å². The van der Waals surface area contributed by atoms with Gasteiger partial charge in [-0.2, -0.15) is 0 Å². The summed E-state index contributed by atoms with van der Waals surface area (Å²) < 4.78 is 6.30. The molecule has 0 aliphatic carbocycles. The Hall–Kier alpha value is -2.63. The molecule has 0 spiro atoms. The van der Waals surface area contributed by atoms with E-state index in [1.54, 1.807) is 22.1 Å². The number of carbonyl (C=O) groups is 2. The number of amides is 2. The highest BCUT2D eigenvalue weighted by Gasteiger charge is 2.34. The Kier molecular flexibility index (Phi) is 10.1. The lowest BCUT2D eigenvalue weighted by Gasteiger charge is -2.37. The van der Waals surface area contributed by atoms with Gasteiger partial charge in [-0.3, -0.25) is 9.59 Å². The maximum atomic E-state index is 13.5. The maximum absolute atomic E-state index is 13.5. The van der Waals surface area contributed by atoms with Gasteiger partial charge in [0.25, 0.3) is 5.91 Å². The van der Waals surface area contributed by atoms with Crippen molar-refractivity contribution in [3.8, 4) is 17.7 Å². The fourth-order valence-corrected chi connectivity index (χ4v) is 4.62. The van der Waals surface area contributed by atoms with Crippen LogP contribution in [0.3, 0.4) is 0 Å². The molecule has 3 atom stereocenters. The lowest BCUT2D eigenvalue weighted by atomic mass is 9.99. The van der Waals surface area contributed by atoms with Crippen LogP contribution in [0.2, 0.25) is 0 Å². The van der Waals surface area contributed by atoms with E-state index in [0.29, 0.717) is 30.6 Å². The van der Waals surface area contributed by atoms with Crippen molar-refractivity contribution in [2.75, 3.05) is 46.4 Å². The maximum Gasteiger partial charge on any atom is 0.259 e. The number of carbonyl (C=O) groups excluding carboxylic acids is 2. The van der Waals surface area contributed by atoms with Crippen molar-refractivity contribution in [3.63, 3.8) is 0 Å². The molecule has 0 saturated carbocycles. The standard InChI is InChI=1S/C28H42N4O4/c1-20(2)9-10-23-15-24-27(29-16-23)36-25(21(3)17-32(28(24)35)22(4)19-33)18-30(5)26(34)11-14-31-12-7-6-8-13-31/h15-16,20-22,25,33H,6-8,11-14,17-19H2,1-5H3/t21-,22+,25+/m1/s1. The van der Waals surface area contributed by atoms with Crippen molar-refractivity contribution < 1.29 is 19.4 Å². The molecule has 8 nitrogen and oxygen atoms in total. The first-order chi connectivity index (χ1) is 17.2. The van der Waals surface area contributed by atoms with Crippen LogP contribution in [0.5, 0.6) is 5.88 Å². The molecule has 0 bridgehead atoms. The number of nitrogens with zero attached hydrogens (tertiary/aromatic N) is 4. The molecular weight excluding hydrogens is 456 g/mol. The minimum atomic E-state index is -0.360. The molecule has 1 saturated heterocycles. The van der Waals surface area contributed by atoms with Gasteiger partial charge in [-0.1, -0.05) is 39.0 Å². The van der Waals surface area contributed by atoms with Gasteiger partial charge in [-0.05, 0) is 38.9 Å². The molecule has 0 radical (unpaired) electrons. The molecule has 0 aromatic carbocycles. The fourth-order valence-electron chi connectivity index (χ4n) is 4.62. The van der Waals surface area contributed by atoms with Crippen LogP contribution in [0.15, 0.2) is 12.3 Å². The van der Waals surface area contributed by atoms with E-state index in [1.165, 1.54) is 19.3 Å². The van der Waals surface area contributed by atoms with Gasteiger partial charge in [0, 0.05) is 50.2 Å². The number of fused-ring (bicyclic) bond motifs is 1. The van der Waals surface area contributed by atoms with E-state index >= 15 is 0 Å². The molecule has 8 heteroatoms. The minimum Gasteiger partial charge on any atom is -0.472 e. The third kappa shape index (κ3) is 7.44. The Balaban J connectivity index is 1.79. The van der Waals surface area contributed by atoms with Gasteiger partial charge in [0.15, 0.2) is 0 Å². The second kappa shape index (κ2) is 13.1. The number of rotatable bonds is 7. The SMILES string of the molecule is CC(C)C#Cc1cnc2c(c1)C(=O)N([C@@H](C)CO)C[C@@H](C)[C@H](CN(C)C(=O)CCN1CCCCC1)O2. The van der Waals surface area contributed by atoms with Gasteiger partial charge in [-0.15, -0.1) is 0 Å². The Labute approximate surface area is 216 Å². The van der Waals surface area contributed by atoms with Gasteiger partial charge in [-0.25, -0.2) is 4.98 Å². The third-order valence-electron chi connectivity index (χ3n) is 7.00. The lowest BCUT2D eigenvalue weighted by Crippen LogP contribution is -2.50. The molecule has 2 amide bonds. The van der Waals surface area contributed by atoms with Crippen LogP contribution in [0.1, 0.15) is 69.3 Å². The van der Waals surface area contributed by atoms with Crippen LogP contribution in [0.4, 0.5) is 0 Å². The predicted molar refractivity (Wildman–Crippen MR) is 140 cm³/mol. The fraction of sp³-hybridized carbons (Fsp3) is 0.679. The average molecular weight is 499 g/mol. The van der Waals surface area contributed by atoms with Crippen molar-refractivity contribution >= 4 is 11.8 Å². The molecule has 3 heterocycles. The number of likely N-dealkylation sites (N-methyl/N-ethyl adjacent to an activating group) is 1. The monoisotopic (exact) mass is 498 g/mol. The summed E-state index contributed by atoms with van der Waals surface area (Å²) in [4.78, 5) is 36.6. The summed E-state index contributed by atoms with van der Waals surface area (Å²) in [6, 6.07) is 1.36. The smallest absolute Gasteiger partial charge is 0.259 e. The van der Waals surface area contributed by atoms with E-state index in [1.807, 2.05) is 34.7 Å². The van der Waals surface area contributed by atoms with E-state index in [0.717, 1.165) is 19.6 Å². The quantitative estimate of drug-likeness (QED) is 0.582. The second-order valence-electron chi connectivity index (χ2n) is 10.6. The number of aromatic nitrogens is 1. The summed E-state index contributed by atoms with van der Waals surface area (Å²) in [5.41, 5.74) is 0.980. The van der Waals surface area contributed by atoms with Crippen LogP contribution < -0.4 is 4.74 Å². The Morgan fingerprint density at radius 2 is 2.00 bits per heavy atom. The number of aliphatic hydroxyl groups is 1. The highest BCUT2D eigenvalue weighted by molar-refractivity contribution is 5.97. The van der Waals surface area contributed by atoms with Crippen LogP contribution >= 0.6 is 0 Å². The van der Waals surface area contributed by atoms with E-state index in [2.05, 4.69) is 21.7 Å². The number of piperidine rings is 1. The van der Waals surface area contributed by atoms with Crippen molar-refractivity contribution in [2.45, 2.75) is 65.5 Å². The molecule has 1 fully saturated rings. The van der Waals surface area contributed by atoms with E-state index in [-0.39, 0.29) is 48.3 Å². The molecule has 1 aromatic rings. The Morgan fingerprint density at radius 1 is 1.28 bits per heavy atom. The summed E-state index contributed by atoms with van der Waals surface area (Å²) in [5.74, 6) is 6.39. The molecule has 2 aliphatic rings. The highest BCUT2D eigenvalue weighted by atomic mass is 16.5. The molecule has 2 aliphatic heterocycles. The Morgan fingerprint density at radius 3 is 2.67 bits per heavy atom. The summed E-state index contributed by atoms with van der Waals surface area (Å²) in [6.45, 7) is 11.4. The van der Waals surface area contributed by atoms with Crippen LogP contribution in [-0.2, 0) is 4.79 Å². The van der Waals surface area contributed by atoms with E-state index in [4.69, 9.17) is 4.74 Å². The zero-order valence-corrected chi connectivity index (χ0v) is 22.5. The number of hydrogen-bond acceptors (Lipinski definition) is 6. The average Bonchev–Trinajstić information content (AvgIpc) is 2.88. The number of pyridine rings is 1. The first-order valence-corrected chi connectivity index (χ1v) is 13.3. The predicted octanol–water partition coefficient (Wildman–Crippen LogP) is 2.64. The number of hydrogen-bond donors (Lipinski definition) is 1. The second-order valence-corrected chi connectivity index (χ2v) is 10.6. The van der Waals surface area contributed by atoms with Gasteiger partial charge in [0.1, 0.15) is 11.7 Å². The summed E-state index contributed by atoms with van der Waals surface area (Å²) in [7, 11) is 1.81. The highest BCUT2D eigenvalue weighted by Crippen LogP contribution is 2.27. The van der Waals surface area contributed by atoms with E-state index < -0.39 is 0 Å². The summed E-state index contributed by atoms with van der Waals surface area (Å²) >= 11 is 0. The van der Waals surface area contributed by atoms with Crippen LogP contribution in [-0.4, -0.2) is 95.1 Å². The summed E-state index contributed by atoms with van der Waals surface area (Å²) in [6.07, 6.45) is 5.44. The van der Waals surface area contributed by atoms with Crippen molar-refractivity contribution in [3.05, 3.63) is 23.4 Å². The first-order valence-electron chi connectivity index (χ1n) is 13.3. The minimum absolute atomic E-state index is 0.0735. The zero-order chi connectivity index (χ0) is 26.2. The van der Waals surface area contributed by atoms with Crippen LogP contribution in [0, 0.1) is 23.7 Å². The molecule has 0 unspecified atom stereocenters. The van der Waals surface area contributed by atoms with E-state index in [9.17, 15) is 14.7 Å². The Bertz CT molecular complexity index is 964. The third-order valence-corrected chi connectivity index (χ3v) is 7.00. The largest absolute Gasteiger partial charge is 0.472 e. The van der Waals surface area contributed by atoms with Gasteiger partial charge in [0.05, 0.1) is 19.2 Å². The summed E-state index contributed by atoms with van der Waals surface area (Å²) in [5, 5.41) is 9.83.